The lowest BCUT2D eigenvalue weighted by molar-refractivity contribution is -0.129. The van der Waals surface area contributed by atoms with Crippen LogP contribution in [-0.2, 0) is 9.53 Å². The number of aromatic nitrogens is 4. The lowest BCUT2D eigenvalue weighted by Crippen LogP contribution is -2.51. The number of amides is 2. The number of nitrogens with one attached hydrogen (secondary N) is 1. The molecule has 204 valence electrons. The summed E-state index contributed by atoms with van der Waals surface area (Å²) in [6.07, 6.45) is 1.56. The summed E-state index contributed by atoms with van der Waals surface area (Å²) in [5.41, 5.74) is 2.54. The molecule has 1 N–H and O–H groups in total. The fraction of sp³-hybridized carbons (Fsp3) is 0.333. The fourth-order valence-electron chi connectivity index (χ4n) is 4.55. The number of H-pyrrole nitrogens is 1. The van der Waals surface area contributed by atoms with Gasteiger partial charge in [0.25, 0.3) is 0 Å². The Kier molecular flexibility index (Phi) is 7.92. The van der Waals surface area contributed by atoms with E-state index >= 15 is 0 Å². The van der Waals surface area contributed by atoms with Crippen molar-refractivity contribution in [1.82, 2.24) is 29.5 Å². The number of nitrogens with zero attached hydrogens (tertiary/aromatic N) is 5. The molecule has 4 aromatic rings. The molecule has 0 spiro atoms. The second-order valence-electron chi connectivity index (χ2n) is 8.78. The quantitative estimate of drug-likeness (QED) is 0.329. The van der Waals surface area contributed by atoms with Crippen LogP contribution in [0.5, 0.6) is 11.5 Å². The molecule has 1 aliphatic heterocycles. The summed E-state index contributed by atoms with van der Waals surface area (Å²) in [6.45, 7) is 3.89. The molecule has 0 radical (unpaired) electrons. The number of hydrogen-bond donors (Lipinski definition) is 1. The number of benzene rings is 2. The number of para-hydroxylation sites is 1. The zero-order valence-corrected chi connectivity index (χ0v) is 22.9. The van der Waals surface area contributed by atoms with Gasteiger partial charge < -0.3 is 29.0 Å². The van der Waals surface area contributed by atoms with Crippen molar-refractivity contribution in [3.05, 3.63) is 48.7 Å². The smallest absolute Gasteiger partial charge is 0.409 e. The van der Waals surface area contributed by atoms with Crippen molar-refractivity contribution in [1.29, 1.82) is 0 Å². The van der Waals surface area contributed by atoms with Crippen molar-refractivity contribution in [3.63, 3.8) is 0 Å². The maximum absolute atomic E-state index is 13.1. The van der Waals surface area contributed by atoms with Crippen LogP contribution in [0.4, 0.5) is 4.79 Å². The predicted octanol–water partition coefficient (Wildman–Crippen LogP) is 3.83. The summed E-state index contributed by atoms with van der Waals surface area (Å²) >= 11 is 1.30. The molecule has 0 atom stereocenters. The summed E-state index contributed by atoms with van der Waals surface area (Å²) < 4.78 is 18.1. The average molecular weight is 551 g/mol. The maximum atomic E-state index is 13.1. The van der Waals surface area contributed by atoms with E-state index in [1.165, 1.54) is 11.8 Å². The van der Waals surface area contributed by atoms with Crippen molar-refractivity contribution in [2.45, 2.75) is 12.1 Å². The van der Waals surface area contributed by atoms with Gasteiger partial charge in [0.05, 0.1) is 32.3 Å². The summed E-state index contributed by atoms with van der Waals surface area (Å²) in [7, 11) is 3.21. The minimum Gasteiger partial charge on any atom is -0.497 e. The van der Waals surface area contributed by atoms with Gasteiger partial charge in [-0.3, -0.25) is 9.36 Å². The maximum Gasteiger partial charge on any atom is 0.409 e. The predicted molar refractivity (Wildman–Crippen MR) is 148 cm³/mol. The minimum absolute atomic E-state index is 0.0377. The van der Waals surface area contributed by atoms with Gasteiger partial charge in [0.1, 0.15) is 11.5 Å². The average Bonchev–Trinajstić information content (AvgIpc) is 3.59. The number of carbonyl (C=O) groups is 2. The third kappa shape index (κ3) is 5.37. The van der Waals surface area contributed by atoms with E-state index in [0.29, 0.717) is 61.0 Å². The number of thioether (sulfide) groups is 1. The van der Waals surface area contributed by atoms with Crippen LogP contribution in [0.25, 0.3) is 28.0 Å². The molecule has 1 fully saturated rings. The first-order chi connectivity index (χ1) is 19.0. The monoisotopic (exact) mass is 550 g/mol. The first-order valence-corrected chi connectivity index (χ1v) is 13.6. The minimum atomic E-state index is -0.343. The van der Waals surface area contributed by atoms with Gasteiger partial charge in [-0.05, 0) is 25.1 Å². The molecule has 2 aromatic heterocycles. The molecular weight excluding hydrogens is 520 g/mol. The molecule has 11 nitrogen and oxygen atoms in total. The van der Waals surface area contributed by atoms with E-state index in [1.54, 1.807) is 30.9 Å². The van der Waals surface area contributed by atoms with Gasteiger partial charge in [-0.25, -0.2) is 4.79 Å². The summed E-state index contributed by atoms with van der Waals surface area (Å²) in [4.78, 5) is 31.8. The van der Waals surface area contributed by atoms with Crippen molar-refractivity contribution in [2.75, 3.05) is 52.8 Å². The Balaban J connectivity index is 1.43. The molecule has 39 heavy (non-hydrogen) atoms. The Labute approximate surface area is 230 Å². The van der Waals surface area contributed by atoms with Gasteiger partial charge in [-0.15, -0.1) is 10.2 Å². The van der Waals surface area contributed by atoms with Gasteiger partial charge in [0.15, 0.2) is 11.0 Å². The molecule has 3 heterocycles. The van der Waals surface area contributed by atoms with E-state index in [9.17, 15) is 9.59 Å². The molecule has 12 heteroatoms. The first kappa shape index (κ1) is 26.4. The van der Waals surface area contributed by atoms with Crippen molar-refractivity contribution in [2.24, 2.45) is 0 Å². The highest BCUT2D eigenvalue weighted by molar-refractivity contribution is 7.99. The highest BCUT2D eigenvalue weighted by Gasteiger charge is 2.27. The van der Waals surface area contributed by atoms with Gasteiger partial charge in [-0.2, -0.15) is 0 Å². The van der Waals surface area contributed by atoms with Gasteiger partial charge >= 0.3 is 6.09 Å². The molecule has 5 rings (SSSR count). The van der Waals surface area contributed by atoms with Crippen LogP contribution < -0.4 is 9.47 Å². The summed E-state index contributed by atoms with van der Waals surface area (Å²) in [6, 6.07) is 13.5. The molecule has 2 amide bonds. The van der Waals surface area contributed by atoms with Crippen molar-refractivity contribution in [3.8, 4) is 28.6 Å². The molecule has 0 aliphatic carbocycles. The van der Waals surface area contributed by atoms with Gasteiger partial charge in [0, 0.05) is 54.9 Å². The number of piperazine rings is 1. The first-order valence-electron chi connectivity index (χ1n) is 12.6. The number of carbonyl (C=O) groups excluding carboxylic acids is 2. The number of methoxy groups -OCH3 is 2. The third-order valence-corrected chi connectivity index (χ3v) is 7.49. The largest absolute Gasteiger partial charge is 0.497 e. The zero-order valence-electron chi connectivity index (χ0n) is 22.0. The molecule has 0 bridgehead atoms. The highest BCUT2D eigenvalue weighted by Crippen LogP contribution is 2.37. The van der Waals surface area contributed by atoms with E-state index in [2.05, 4.69) is 15.2 Å². The Morgan fingerprint density at radius 1 is 1.00 bits per heavy atom. The highest BCUT2D eigenvalue weighted by atomic mass is 32.2. The van der Waals surface area contributed by atoms with Crippen LogP contribution in [0, 0.1) is 0 Å². The fourth-order valence-corrected chi connectivity index (χ4v) is 5.40. The van der Waals surface area contributed by atoms with Crippen molar-refractivity contribution >= 4 is 34.7 Å². The third-order valence-electron chi connectivity index (χ3n) is 6.57. The SMILES string of the molecule is CCOC(=O)N1CCN(C(=O)CSc2nnc(-c3c[nH]c4ccccc34)n2-c2cc(OC)ccc2OC)CC1. The van der Waals surface area contributed by atoms with E-state index in [1.807, 2.05) is 53.2 Å². The lowest BCUT2D eigenvalue weighted by Gasteiger charge is -2.34. The van der Waals surface area contributed by atoms with Gasteiger partial charge in [-0.1, -0.05) is 30.0 Å². The van der Waals surface area contributed by atoms with E-state index in [0.717, 1.165) is 16.5 Å². The molecule has 1 saturated heterocycles. The second-order valence-corrected chi connectivity index (χ2v) is 9.73. The number of ether oxygens (including phenoxy) is 3. The molecule has 0 saturated carbocycles. The van der Waals surface area contributed by atoms with Crippen LogP contribution in [0.1, 0.15) is 6.92 Å². The topological polar surface area (TPSA) is 115 Å². The number of aromatic amines is 1. The molecule has 1 aliphatic rings. The van der Waals surface area contributed by atoms with E-state index in [4.69, 9.17) is 14.2 Å². The number of fused-ring (bicyclic) bond motifs is 1. The normalized spacial score (nSPS) is 13.5. The standard InChI is InChI=1S/C27H30N6O5S/c1-4-38-27(35)32-13-11-31(12-14-32)24(34)17-39-26-30-29-25(20-16-28-21-8-6-5-7-19(20)21)33(26)22-15-18(36-2)9-10-23(22)37-3/h5-10,15-16,28H,4,11-14,17H2,1-3H3. The van der Waals surface area contributed by atoms with E-state index < -0.39 is 0 Å². The Hall–Kier alpha value is -4.19. The van der Waals surface area contributed by atoms with Crippen LogP contribution in [0.15, 0.2) is 53.8 Å². The number of hydrogen-bond acceptors (Lipinski definition) is 8. The van der Waals surface area contributed by atoms with E-state index in [-0.39, 0.29) is 17.8 Å². The second kappa shape index (κ2) is 11.7. The van der Waals surface area contributed by atoms with Gasteiger partial charge in [0.2, 0.25) is 5.91 Å². The van der Waals surface area contributed by atoms with Crippen LogP contribution in [0.3, 0.4) is 0 Å². The molecule has 0 unspecified atom stereocenters. The Bertz CT molecular complexity index is 1480. The van der Waals surface area contributed by atoms with Crippen LogP contribution in [0.2, 0.25) is 0 Å². The number of rotatable bonds is 8. The van der Waals surface area contributed by atoms with Crippen molar-refractivity contribution < 1.29 is 23.8 Å². The van der Waals surface area contributed by atoms with Crippen LogP contribution >= 0.6 is 11.8 Å². The lowest BCUT2D eigenvalue weighted by atomic mass is 10.1. The molecule has 2 aromatic carbocycles. The summed E-state index contributed by atoms with van der Waals surface area (Å²) in [5, 5.41) is 10.6. The summed E-state index contributed by atoms with van der Waals surface area (Å²) in [5.74, 6) is 2.00. The zero-order chi connectivity index (χ0) is 27.4. The van der Waals surface area contributed by atoms with Crippen LogP contribution in [-0.4, -0.2) is 94.3 Å². The Morgan fingerprint density at radius 2 is 1.77 bits per heavy atom. The molecular formula is C27H30N6O5S. The Morgan fingerprint density at radius 3 is 2.51 bits per heavy atom.